The molecule has 1 fully saturated rings. The summed E-state index contributed by atoms with van der Waals surface area (Å²) in [5.74, 6) is 2.05. The van der Waals surface area contributed by atoms with Gasteiger partial charge in [0.05, 0.1) is 12.8 Å². The molecule has 0 radical (unpaired) electrons. The third kappa shape index (κ3) is 4.69. The number of likely N-dealkylation sites (tertiary alicyclic amines) is 1. The Kier molecular flexibility index (Phi) is 6.31. The van der Waals surface area contributed by atoms with Gasteiger partial charge in [-0.3, -0.25) is 4.79 Å². The first-order valence-electron chi connectivity index (χ1n) is 11.3. The van der Waals surface area contributed by atoms with Gasteiger partial charge in [-0.25, -0.2) is 9.97 Å². The summed E-state index contributed by atoms with van der Waals surface area (Å²) in [4.78, 5) is 24.5. The minimum Gasteiger partial charge on any atom is -0.497 e. The third-order valence-electron chi connectivity index (χ3n) is 6.09. The predicted octanol–water partition coefficient (Wildman–Crippen LogP) is 4.40. The Balaban J connectivity index is 1.67. The van der Waals surface area contributed by atoms with Crippen molar-refractivity contribution < 1.29 is 9.53 Å². The molecule has 0 atom stereocenters. The molecule has 6 nitrogen and oxygen atoms in total. The first-order valence-corrected chi connectivity index (χ1v) is 11.3. The van der Waals surface area contributed by atoms with Crippen LogP contribution in [0.15, 0.2) is 48.8 Å². The summed E-state index contributed by atoms with van der Waals surface area (Å²) < 4.78 is 5.44. The molecule has 0 spiro atoms. The fourth-order valence-corrected chi connectivity index (χ4v) is 4.31. The lowest BCUT2D eigenvalue weighted by Gasteiger charge is -2.36. The number of carbonyl (C=O) groups excluding carboxylic acids is 1. The molecule has 1 aromatic heterocycles. The molecule has 32 heavy (non-hydrogen) atoms. The van der Waals surface area contributed by atoms with Gasteiger partial charge >= 0.3 is 0 Å². The van der Waals surface area contributed by atoms with Crippen LogP contribution in [-0.4, -0.2) is 47.5 Å². The molecule has 1 amide bonds. The average molecular weight is 433 g/mol. The number of methoxy groups -OCH3 is 1. The Hall–Kier alpha value is -3.15. The van der Waals surface area contributed by atoms with Crippen molar-refractivity contribution in [3.8, 4) is 16.9 Å². The molecule has 4 rings (SSSR count). The van der Waals surface area contributed by atoms with E-state index in [1.54, 1.807) is 7.11 Å². The molecule has 2 aliphatic rings. The van der Waals surface area contributed by atoms with E-state index in [0.717, 1.165) is 66.4 Å². The SMILES string of the molecule is COc1cccc(-c2cnc(C3=CCNC=C3)nc2C2CCN(C(=O)C(C)(C)C)CC2)c1. The van der Waals surface area contributed by atoms with E-state index in [-0.39, 0.29) is 17.2 Å². The van der Waals surface area contributed by atoms with Crippen LogP contribution in [-0.2, 0) is 4.79 Å². The standard InChI is InChI=1S/C26H32N4O2/c1-26(2,3)25(31)30-14-10-18(11-15-30)23-22(20-6-5-7-21(16-20)32-4)17-28-24(29-23)19-8-12-27-13-9-19/h5-9,12,16-18,27H,10-11,13-15H2,1-4H3. The highest BCUT2D eigenvalue weighted by atomic mass is 16.5. The van der Waals surface area contributed by atoms with Gasteiger partial charge < -0.3 is 15.0 Å². The molecular weight excluding hydrogens is 400 g/mol. The highest BCUT2D eigenvalue weighted by Crippen LogP contribution is 2.36. The zero-order chi connectivity index (χ0) is 22.7. The van der Waals surface area contributed by atoms with Crippen molar-refractivity contribution in [1.29, 1.82) is 0 Å². The van der Waals surface area contributed by atoms with Crippen LogP contribution in [0.2, 0.25) is 0 Å². The maximum absolute atomic E-state index is 12.7. The molecule has 6 heteroatoms. The first kappa shape index (κ1) is 22.1. The number of rotatable bonds is 4. The van der Waals surface area contributed by atoms with Crippen LogP contribution in [0.3, 0.4) is 0 Å². The predicted molar refractivity (Wildman–Crippen MR) is 127 cm³/mol. The van der Waals surface area contributed by atoms with Crippen LogP contribution in [0, 0.1) is 5.41 Å². The van der Waals surface area contributed by atoms with E-state index >= 15 is 0 Å². The molecule has 3 heterocycles. The van der Waals surface area contributed by atoms with Crippen LogP contribution in [0.25, 0.3) is 16.7 Å². The monoisotopic (exact) mass is 432 g/mol. The molecule has 2 aliphatic heterocycles. The summed E-state index contributed by atoms with van der Waals surface area (Å²) in [6.45, 7) is 8.24. The van der Waals surface area contributed by atoms with E-state index in [9.17, 15) is 4.79 Å². The van der Waals surface area contributed by atoms with Gasteiger partial charge in [0.1, 0.15) is 5.75 Å². The fourth-order valence-electron chi connectivity index (χ4n) is 4.31. The molecule has 1 N–H and O–H groups in total. The number of hydrogen-bond donors (Lipinski definition) is 1. The summed E-state index contributed by atoms with van der Waals surface area (Å²) in [5, 5.41) is 3.18. The van der Waals surface area contributed by atoms with Gasteiger partial charge in [0.15, 0.2) is 5.82 Å². The van der Waals surface area contributed by atoms with Crippen molar-refractivity contribution in [2.45, 2.75) is 39.5 Å². The largest absolute Gasteiger partial charge is 0.497 e. The second-order valence-electron chi connectivity index (χ2n) is 9.44. The number of amides is 1. The molecular formula is C26H32N4O2. The summed E-state index contributed by atoms with van der Waals surface area (Å²) in [5.41, 5.74) is 3.82. The van der Waals surface area contributed by atoms with Crippen molar-refractivity contribution in [3.63, 3.8) is 0 Å². The van der Waals surface area contributed by atoms with Gasteiger partial charge in [0.25, 0.3) is 0 Å². The molecule has 0 unspecified atom stereocenters. The summed E-state index contributed by atoms with van der Waals surface area (Å²) in [6, 6.07) is 8.05. The van der Waals surface area contributed by atoms with E-state index < -0.39 is 0 Å². The molecule has 0 aliphatic carbocycles. The van der Waals surface area contributed by atoms with Crippen molar-refractivity contribution >= 4 is 11.5 Å². The molecule has 1 aromatic carbocycles. The van der Waals surface area contributed by atoms with Gasteiger partial charge in [0, 0.05) is 48.3 Å². The highest BCUT2D eigenvalue weighted by Gasteiger charge is 2.32. The van der Waals surface area contributed by atoms with Crippen molar-refractivity contribution in [1.82, 2.24) is 20.2 Å². The maximum atomic E-state index is 12.7. The highest BCUT2D eigenvalue weighted by molar-refractivity contribution is 5.81. The Morgan fingerprint density at radius 1 is 1.22 bits per heavy atom. The zero-order valence-corrected chi connectivity index (χ0v) is 19.4. The number of ether oxygens (including phenoxy) is 1. The van der Waals surface area contributed by atoms with E-state index in [1.807, 2.05) is 62.3 Å². The topological polar surface area (TPSA) is 67.3 Å². The van der Waals surface area contributed by atoms with Gasteiger partial charge in [-0.1, -0.05) is 39.0 Å². The Morgan fingerprint density at radius 3 is 2.66 bits per heavy atom. The van der Waals surface area contributed by atoms with Crippen molar-refractivity contribution in [2.75, 3.05) is 26.7 Å². The minimum absolute atomic E-state index is 0.220. The smallest absolute Gasteiger partial charge is 0.227 e. The summed E-state index contributed by atoms with van der Waals surface area (Å²) >= 11 is 0. The second-order valence-corrected chi connectivity index (χ2v) is 9.44. The molecule has 0 saturated carbocycles. The van der Waals surface area contributed by atoms with Crippen LogP contribution < -0.4 is 10.1 Å². The van der Waals surface area contributed by atoms with E-state index in [4.69, 9.17) is 14.7 Å². The lowest BCUT2D eigenvalue weighted by atomic mass is 9.87. The quantitative estimate of drug-likeness (QED) is 0.775. The van der Waals surface area contributed by atoms with Gasteiger partial charge in [-0.15, -0.1) is 0 Å². The van der Waals surface area contributed by atoms with Gasteiger partial charge in [0.2, 0.25) is 5.91 Å². The van der Waals surface area contributed by atoms with Crippen molar-refractivity contribution in [2.24, 2.45) is 5.41 Å². The average Bonchev–Trinajstić information content (AvgIpc) is 2.83. The third-order valence-corrected chi connectivity index (χ3v) is 6.09. The maximum Gasteiger partial charge on any atom is 0.227 e. The van der Waals surface area contributed by atoms with Gasteiger partial charge in [-0.2, -0.15) is 0 Å². The number of piperidine rings is 1. The van der Waals surface area contributed by atoms with Crippen LogP contribution in [0.1, 0.15) is 51.0 Å². The van der Waals surface area contributed by atoms with Crippen LogP contribution in [0.4, 0.5) is 0 Å². The molecule has 0 bridgehead atoms. The lowest BCUT2D eigenvalue weighted by Crippen LogP contribution is -2.43. The van der Waals surface area contributed by atoms with Gasteiger partial charge in [-0.05, 0) is 42.8 Å². The number of allylic oxidation sites excluding steroid dienone is 2. The zero-order valence-electron chi connectivity index (χ0n) is 19.4. The Bertz CT molecular complexity index is 1040. The first-order chi connectivity index (χ1) is 15.4. The Labute approximate surface area is 190 Å². The number of dihydropyridines is 1. The van der Waals surface area contributed by atoms with Crippen LogP contribution in [0.5, 0.6) is 5.75 Å². The van der Waals surface area contributed by atoms with Crippen molar-refractivity contribution in [3.05, 3.63) is 60.3 Å². The summed E-state index contributed by atoms with van der Waals surface area (Å²) in [7, 11) is 1.68. The number of nitrogens with zero attached hydrogens (tertiary/aromatic N) is 3. The number of aromatic nitrogens is 2. The molecule has 1 saturated heterocycles. The minimum atomic E-state index is -0.353. The van der Waals surface area contributed by atoms with E-state index in [0.29, 0.717) is 0 Å². The van der Waals surface area contributed by atoms with Crippen LogP contribution >= 0.6 is 0 Å². The fraction of sp³-hybridized carbons (Fsp3) is 0.423. The molecule has 2 aromatic rings. The number of nitrogens with one attached hydrogen (secondary N) is 1. The lowest BCUT2D eigenvalue weighted by molar-refractivity contribution is -0.140. The number of benzene rings is 1. The molecule has 168 valence electrons. The number of carbonyl (C=O) groups is 1. The Morgan fingerprint density at radius 2 is 2.00 bits per heavy atom. The van der Waals surface area contributed by atoms with E-state index in [2.05, 4.69) is 17.5 Å². The second kappa shape index (κ2) is 9.15. The normalized spacial score (nSPS) is 17.0. The summed E-state index contributed by atoms with van der Waals surface area (Å²) in [6.07, 6.45) is 9.78. The van der Waals surface area contributed by atoms with E-state index in [1.165, 1.54) is 0 Å². The number of hydrogen-bond acceptors (Lipinski definition) is 5.